The number of aliphatic hydroxyl groups excluding tert-OH is 1. The van der Waals surface area contributed by atoms with Crippen molar-refractivity contribution in [2.24, 2.45) is 5.73 Å². The summed E-state index contributed by atoms with van der Waals surface area (Å²) in [5, 5.41) is 10.7. The summed E-state index contributed by atoms with van der Waals surface area (Å²) in [5.41, 5.74) is 6.58. The SMILES string of the molecule is CC(=O)NOC(=O)C(O)NC(=O)CN. The summed E-state index contributed by atoms with van der Waals surface area (Å²) in [6.45, 7) is 0.739. The third-order valence-corrected chi connectivity index (χ3v) is 1.00. The smallest absolute Gasteiger partial charge is 0.364 e. The third kappa shape index (κ3) is 5.06. The number of hydrogen-bond donors (Lipinski definition) is 4. The number of nitrogens with one attached hydrogen (secondary N) is 2. The summed E-state index contributed by atoms with van der Waals surface area (Å²) in [6.07, 6.45) is -1.85. The third-order valence-electron chi connectivity index (χ3n) is 1.00. The summed E-state index contributed by atoms with van der Waals surface area (Å²) in [4.78, 5) is 35.7. The molecule has 2 amide bonds. The molecule has 14 heavy (non-hydrogen) atoms. The second-order valence-electron chi connectivity index (χ2n) is 2.25. The fraction of sp³-hybridized carbons (Fsp3) is 0.500. The number of aliphatic hydroxyl groups is 1. The van der Waals surface area contributed by atoms with Crippen molar-refractivity contribution in [3.63, 3.8) is 0 Å². The lowest BCUT2D eigenvalue weighted by molar-refractivity contribution is -0.168. The number of amides is 2. The number of hydrogen-bond acceptors (Lipinski definition) is 6. The molecular formula is C6H11N3O5. The van der Waals surface area contributed by atoms with E-state index in [0.29, 0.717) is 0 Å². The Labute approximate surface area is 79.3 Å². The molecule has 0 aromatic rings. The van der Waals surface area contributed by atoms with E-state index in [1.54, 1.807) is 5.48 Å². The van der Waals surface area contributed by atoms with Gasteiger partial charge in [-0.1, -0.05) is 0 Å². The maximum absolute atomic E-state index is 10.8. The topological polar surface area (TPSA) is 131 Å². The molecule has 0 aliphatic rings. The monoisotopic (exact) mass is 205 g/mol. The number of nitrogens with two attached hydrogens (primary N) is 1. The molecule has 0 radical (unpaired) electrons. The van der Waals surface area contributed by atoms with Gasteiger partial charge < -0.3 is 21.0 Å². The molecule has 0 spiro atoms. The molecule has 8 nitrogen and oxygen atoms in total. The Morgan fingerprint density at radius 3 is 2.50 bits per heavy atom. The molecule has 0 bridgehead atoms. The molecule has 0 rings (SSSR count). The zero-order valence-corrected chi connectivity index (χ0v) is 7.44. The van der Waals surface area contributed by atoms with Crippen molar-refractivity contribution in [1.82, 2.24) is 10.8 Å². The zero-order valence-electron chi connectivity index (χ0n) is 7.44. The van der Waals surface area contributed by atoms with Gasteiger partial charge in [0.1, 0.15) is 0 Å². The second kappa shape index (κ2) is 5.89. The molecule has 0 fully saturated rings. The minimum atomic E-state index is -1.85. The number of hydroxylamine groups is 1. The molecule has 0 saturated heterocycles. The molecule has 8 heteroatoms. The minimum Gasteiger partial charge on any atom is -0.364 e. The number of rotatable bonds is 3. The largest absolute Gasteiger partial charge is 0.381 e. The van der Waals surface area contributed by atoms with Crippen LogP contribution in [-0.2, 0) is 19.2 Å². The first-order valence-corrected chi connectivity index (χ1v) is 3.62. The Morgan fingerprint density at radius 2 is 2.07 bits per heavy atom. The summed E-state index contributed by atoms with van der Waals surface area (Å²) >= 11 is 0. The highest BCUT2D eigenvalue weighted by molar-refractivity contribution is 5.84. The zero-order chi connectivity index (χ0) is 11.1. The maximum atomic E-state index is 10.8. The molecule has 0 saturated carbocycles. The fourth-order valence-electron chi connectivity index (χ4n) is 0.448. The average Bonchev–Trinajstić information content (AvgIpc) is 2.13. The Balaban J connectivity index is 3.87. The van der Waals surface area contributed by atoms with Gasteiger partial charge in [0.25, 0.3) is 0 Å². The van der Waals surface area contributed by atoms with Crippen molar-refractivity contribution >= 4 is 17.8 Å². The van der Waals surface area contributed by atoms with Crippen LogP contribution >= 0.6 is 0 Å². The Morgan fingerprint density at radius 1 is 1.50 bits per heavy atom. The van der Waals surface area contributed by atoms with Gasteiger partial charge in [-0.2, -0.15) is 5.48 Å². The van der Waals surface area contributed by atoms with Crippen LogP contribution in [0, 0.1) is 0 Å². The maximum Gasteiger partial charge on any atom is 0.381 e. The van der Waals surface area contributed by atoms with Crippen molar-refractivity contribution in [1.29, 1.82) is 0 Å². The van der Waals surface area contributed by atoms with Crippen molar-refractivity contribution in [2.45, 2.75) is 13.2 Å². The van der Waals surface area contributed by atoms with Crippen molar-refractivity contribution < 1.29 is 24.3 Å². The van der Waals surface area contributed by atoms with Crippen LogP contribution in [0.3, 0.4) is 0 Å². The predicted molar refractivity (Wildman–Crippen MR) is 43.1 cm³/mol. The van der Waals surface area contributed by atoms with Crippen LogP contribution in [0.1, 0.15) is 6.92 Å². The summed E-state index contributed by atoms with van der Waals surface area (Å²) in [7, 11) is 0. The van der Waals surface area contributed by atoms with Crippen LogP contribution in [-0.4, -0.2) is 35.7 Å². The van der Waals surface area contributed by atoms with Crippen LogP contribution in [0.25, 0.3) is 0 Å². The molecule has 1 unspecified atom stereocenters. The van der Waals surface area contributed by atoms with Gasteiger partial charge in [-0.3, -0.25) is 9.59 Å². The molecule has 1 atom stereocenters. The van der Waals surface area contributed by atoms with E-state index in [1.807, 2.05) is 5.32 Å². The van der Waals surface area contributed by atoms with Gasteiger partial charge in [-0.25, -0.2) is 4.79 Å². The highest BCUT2D eigenvalue weighted by Gasteiger charge is 2.19. The first kappa shape index (κ1) is 12.3. The standard InChI is InChI=1S/C6H11N3O5/c1-3(10)9-14-6(13)5(12)8-4(11)2-7/h5,12H,2,7H2,1H3,(H,8,11)(H,9,10). The highest BCUT2D eigenvalue weighted by Crippen LogP contribution is 1.81. The van der Waals surface area contributed by atoms with E-state index in [9.17, 15) is 14.4 Å². The average molecular weight is 205 g/mol. The molecule has 0 heterocycles. The molecule has 5 N–H and O–H groups in total. The minimum absolute atomic E-state index is 0.371. The molecule has 0 aliphatic carbocycles. The van der Waals surface area contributed by atoms with Crippen LogP contribution in [0.5, 0.6) is 0 Å². The lowest BCUT2D eigenvalue weighted by Crippen LogP contribution is -2.45. The van der Waals surface area contributed by atoms with Crippen molar-refractivity contribution in [2.75, 3.05) is 6.54 Å². The van der Waals surface area contributed by atoms with Gasteiger partial charge in [0, 0.05) is 6.92 Å². The Bertz CT molecular complexity index is 242. The van der Waals surface area contributed by atoms with Gasteiger partial charge in [0.2, 0.25) is 18.0 Å². The summed E-state index contributed by atoms with van der Waals surface area (Å²) in [6, 6.07) is 0. The van der Waals surface area contributed by atoms with Crippen LogP contribution in [0.2, 0.25) is 0 Å². The normalized spacial score (nSPS) is 11.4. The van der Waals surface area contributed by atoms with Crippen LogP contribution < -0.4 is 16.5 Å². The quantitative estimate of drug-likeness (QED) is 0.286. The van der Waals surface area contributed by atoms with E-state index in [2.05, 4.69) is 4.84 Å². The van der Waals surface area contributed by atoms with E-state index in [1.165, 1.54) is 0 Å². The first-order valence-electron chi connectivity index (χ1n) is 3.62. The van der Waals surface area contributed by atoms with E-state index < -0.39 is 24.0 Å². The van der Waals surface area contributed by atoms with Crippen LogP contribution in [0.4, 0.5) is 0 Å². The molecule has 0 aromatic heterocycles. The van der Waals surface area contributed by atoms with Crippen molar-refractivity contribution in [3.8, 4) is 0 Å². The number of carbonyl (C=O) groups is 3. The Hall–Kier alpha value is -1.67. The second-order valence-corrected chi connectivity index (χ2v) is 2.25. The van der Waals surface area contributed by atoms with Gasteiger partial charge in [0.15, 0.2) is 0 Å². The summed E-state index contributed by atoms with van der Waals surface area (Å²) < 4.78 is 0. The summed E-state index contributed by atoms with van der Waals surface area (Å²) in [5.74, 6) is -2.55. The van der Waals surface area contributed by atoms with Gasteiger partial charge >= 0.3 is 5.97 Å². The first-order chi connectivity index (χ1) is 6.47. The molecule has 0 aliphatic heterocycles. The number of carbonyl (C=O) groups excluding carboxylic acids is 3. The van der Waals surface area contributed by atoms with E-state index in [4.69, 9.17) is 10.8 Å². The van der Waals surface area contributed by atoms with E-state index in [-0.39, 0.29) is 6.54 Å². The lowest BCUT2D eigenvalue weighted by atomic mass is 10.5. The fourth-order valence-corrected chi connectivity index (χ4v) is 0.448. The highest BCUT2D eigenvalue weighted by atomic mass is 16.7. The predicted octanol–water partition coefficient (Wildman–Crippen LogP) is -3.03. The lowest BCUT2D eigenvalue weighted by Gasteiger charge is -2.10. The van der Waals surface area contributed by atoms with Crippen molar-refractivity contribution in [3.05, 3.63) is 0 Å². The molecule has 0 aromatic carbocycles. The Kier molecular flexibility index (Phi) is 5.19. The van der Waals surface area contributed by atoms with Gasteiger partial charge in [0.05, 0.1) is 6.54 Å². The van der Waals surface area contributed by atoms with E-state index >= 15 is 0 Å². The van der Waals surface area contributed by atoms with Gasteiger partial charge in [-0.15, -0.1) is 0 Å². The van der Waals surface area contributed by atoms with Crippen LogP contribution in [0.15, 0.2) is 0 Å². The van der Waals surface area contributed by atoms with E-state index in [0.717, 1.165) is 6.92 Å². The molecular weight excluding hydrogens is 194 g/mol. The molecule has 80 valence electrons. The van der Waals surface area contributed by atoms with Gasteiger partial charge in [-0.05, 0) is 0 Å².